The van der Waals surface area contributed by atoms with Crippen molar-refractivity contribution in [2.24, 2.45) is 0 Å². The molecule has 26 heavy (non-hydrogen) atoms. The third-order valence-corrected chi connectivity index (χ3v) is 6.01. The number of fused-ring (bicyclic) bond motifs is 1. The van der Waals surface area contributed by atoms with Crippen LogP contribution in [0, 0.1) is 6.92 Å². The quantitative estimate of drug-likeness (QED) is 0.497. The summed E-state index contributed by atoms with van der Waals surface area (Å²) in [6, 6.07) is 7.76. The van der Waals surface area contributed by atoms with Crippen LogP contribution >= 0.6 is 27.3 Å². The maximum Gasteiger partial charge on any atom is 0.270 e. The van der Waals surface area contributed by atoms with Gasteiger partial charge in [0.1, 0.15) is 15.5 Å². The van der Waals surface area contributed by atoms with E-state index in [0.29, 0.717) is 23.3 Å². The van der Waals surface area contributed by atoms with Gasteiger partial charge in [-0.2, -0.15) is 4.98 Å². The monoisotopic (exact) mass is 427 g/mol. The number of aryl methyl sites for hydroxylation is 1. The van der Waals surface area contributed by atoms with Crippen LogP contribution in [-0.4, -0.2) is 20.1 Å². The average molecular weight is 428 g/mol. The molecule has 3 heterocycles. The van der Waals surface area contributed by atoms with Crippen molar-refractivity contribution in [1.29, 1.82) is 0 Å². The molecular formula is C18H14BrN5OS. The van der Waals surface area contributed by atoms with E-state index in [-0.39, 0.29) is 0 Å². The fourth-order valence-corrected chi connectivity index (χ4v) is 4.43. The molecule has 1 aliphatic carbocycles. The first-order valence-electron chi connectivity index (χ1n) is 8.26. The Labute approximate surface area is 161 Å². The minimum atomic E-state index is 0.410. The van der Waals surface area contributed by atoms with E-state index in [0.717, 1.165) is 49.5 Å². The van der Waals surface area contributed by atoms with Crippen molar-refractivity contribution in [3.63, 3.8) is 0 Å². The number of hydrogen-bond acceptors (Lipinski definition) is 7. The first kappa shape index (κ1) is 15.9. The molecule has 0 amide bonds. The zero-order valence-corrected chi connectivity index (χ0v) is 16.3. The maximum atomic E-state index is 6.38. The molecule has 130 valence electrons. The molecule has 0 unspecified atom stereocenters. The molecule has 1 fully saturated rings. The van der Waals surface area contributed by atoms with Gasteiger partial charge in [0, 0.05) is 16.0 Å². The van der Waals surface area contributed by atoms with E-state index in [4.69, 9.17) is 15.2 Å². The maximum absolute atomic E-state index is 6.38. The number of nitrogens with zero attached hydrogens (tertiary/aromatic N) is 4. The van der Waals surface area contributed by atoms with Gasteiger partial charge in [-0.25, -0.2) is 9.97 Å². The van der Waals surface area contributed by atoms with Crippen molar-refractivity contribution in [1.82, 2.24) is 20.1 Å². The number of aromatic nitrogens is 4. The minimum absolute atomic E-state index is 0.410. The lowest BCUT2D eigenvalue weighted by atomic mass is 10.2. The molecule has 0 spiro atoms. The van der Waals surface area contributed by atoms with Crippen LogP contribution in [0.1, 0.15) is 30.3 Å². The molecule has 6 nitrogen and oxygen atoms in total. The summed E-state index contributed by atoms with van der Waals surface area (Å²) in [5, 5.41) is 4.99. The number of halogens is 1. The summed E-state index contributed by atoms with van der Waals surface area (Å²) in [6.07, 6.45) is 2.33. The van der Waals surface area contributed by atoms with Gasteiger partial charge in [0.15, 0.2) is 0 Å². The molecular weight excluding hydrogens is 414 g/mol. The summed E-state index contributed by atoms with van der Waals surface area (Å²) >= 11 is 4.94. The Hall–Kier alpha value is -2.32. The summed E-state index contributed by atoms with van der Waals surface area (Å²) in [7, 11) is 0. The Morgan fingerprint density at radius 2 is 2.08 bits per heavy atom. The molecule has 3 aromatic heterocycles. The van der Waals surface area contributed by atoms with E-state index in [2.05, 4.69) is 31.1 Å². The molecule has 1 aliphatic rings. The SMILES string of the molecule is Cc1nc(C2CC2)nc2sc(-c3nc(-c4cccc(Br)c4)no3)c(N)c12. The van der Waals surface area contributed by atoms with Gasteiger partial charge in [0.05, 0.1) is 16.8 Å². The van der Waals surface area contributed by atoms with Crippen LogP contribution < -0.4 is 5.73 Å². The molecule has 8 heteroatoms. The zero-order valence-electron chi connectivity index (χ0n) is 13.9. The summed E-state index contributed by atoms with van der Waals surface area (Å²) in [5.74, 6) is 2.35. The molecule has 5 rings (SSSR count). The van der Waals surface area contributed by atoms with Crippen molar-refractivity contribution in [3.8, 4) is 22.2 Å². The van der Waals surface area contributed by atoms with Crippen molar-refractivity contribution >= 4 is 43.2 Å². The molecule has 0 radical (unpaired) electrons. The van der Waals surface area contributed by atoms with E-state index in [1.165, 1.54) is 11.3 Å². The molecule has 1 saturated carbocycles. The number of hydrogen-bond donors (Lipinski definition) is 1. The zero-order chi connectivity index (χ0) is 17.8. The van der Waals surface area contributed by atoms with Crippen LogP contribution in [0.2, 0.25) is 0 Å². The first-order chi connectivity index (χ1) is 12.6. The Morgan fingerprint density at radius 1 is 1.23 bits per heavy atom. The van der Waals surface area contributed by atoms with Crippen molar-refractivity contribution < 1.29 is 4.52 Å². The van der Waals surface area contributed by atoms with Crippen LogP contribution in [0.25, 0.3) is 32.4 Å². The number of rotatable bonds is 3. The second-order valence-electron chi connectivity index (χ2n) is 6.40. The highest BCUT2D eigenvalue weighted by Crippen LogP contribution is 2.44. The first-order valence-corrected chi connectivity index (χ1v) is 9.87. The largest absolute Gasteiger partial charge is 0.397 e. The fourth-order valence-electron chi connectivity index (χ4n) is 2.96. The number of nitrogens with two attached hydrogens (primary N) is 1. The van der Waals surface area contributed by atoms with Crippen LogP contribution in [0.15, 0.2) is 33.3 Å². The van der Waals surface area contributed by atoms with Gasteiger partial charge in [-0.05, 0) is 31.9 Å². The Kier molecular flexibility index (Phi) is 3.58. The highest BCUT2D eigenvalue weighted by molar-refractivity contribution is 9.10. The second kappa shape index (κ2) is 5.85. The highest BCUT2D eigenvalue weighted by atomic mass is 79.9. The van der Waals surface area contributed by atoms with Crippen molar-refractivity contribution in [2.45, 2.75) is 25.7 Å². The summed E-state index contributed by atoms with van der Waals surface area (Å²) in [4.78, 5) is 15.5. The standard InChI is InChI=1S/C18H14BrN5OS/c1-8-12-13(20)14(26-18(12)23-15(21-8)9-5-6-9)17-22-16(24-25-17)10-3-2-4-11(19)7-10/h2-4,7,9H,5-6,20H2,1H3. The van der Waals surface area contributed by atoms with Crippen molar-refractivity contribution in [2.75, 3.05) is 5.73 Å². The van der Waals surface area contributed by atoms with Crippen LogP contribution in [0.3, 0.4) is 0 Å². The number of nitrogen functional groups attached to an aromatic ring is 1. The van der Waals surface area contributed by atoms with E-state index in [1.807, 2.05) is 31.2 Å². The van der Waals surface area contributed by atoms with E-state index in [9.17, 15) is 0 Å². The topological polar surface area (TPSA) is 90.7 Å². The molecule has 0 bridgehead atoms. The smallest absolute Gasteiger partial charge is 0.270 e. The summed E-state index contributed by atoms with van der Waals surface area (Å²) in [6.45, 7) is 1.98. The normalized spacial score (nSPS) is 14.2. The molecule has 0 atom stereocenters. The summed E-state index contributed by atoms with van der Waals surface area (Å²) in [5.41, 5.74) is 8.77. The third kappa shape index (κ3) is 2.60. The lowest BCUT2D eigenvalue weighted by Crippen LogP contribution is -1.96. The van der Waals surface area contributed by atoms with Crippen LogP contribution in [-0.2, 0) is 0 Å². The van der Waals surface area contributed by atoms with Gasteiger partial charge in [-0.15, -0.1) is 11.3 Å². The van der Waals surface area contributed by atoms with Crippen LogP contribution in [0.4, 0.5) is 5.69 Å². The van der Waals surface area contributed by atoms with Gasteiger partial charge in [-0.1, -0.05) is 33.2 Å². The second-order valence-corrected chi connectivity index (χ2v) is 8.31. The van der Waals surface area contributed by atoms with Crippen molar-refractivity contribution in [3.05, 3.63) is 40.3 Å². The lowest BCUT2D eigenvalue weighted by molar-refractivity contribution is 0.433. The van der Waals surface area contributed by atoms with Gasteiger partial charge in [-0.3, -0.25) is 0 Å². The predicted molar refractivity (Wildman–Crippen MR) is 105 cm³/mol. The molecule has 0 aliphatic heterocycles. The number of benzene rings is 1. The van der Waals surface area contributed by atoms with E-state index >= 15 is 0 Å². The van der Waals surface area contributed by atoms with Crippen LogP contribution in [0.5, 0.6) is 0 Å². The molecule has 2 N–H and O–H groups in total. The molecule has 0 saturated heterocycles. The third-order valence-electron chi connectivity index (χ3n) is 4.43. The number of anilines is 1. The molecule has 4 aromatic rings. The van der Waals surface area contributed by atoms with Gasteiger partial charge in [0.25, 0.3) is 5.89 Å². The fraction of sp³-hybridized carbons (Fsp3) is 0.222. The predicted octanol–water partition coefficient (Wildman–Crippen LogP) is 4.94. The Morgan fingerprint density at radius 3 is 2.85 bits per heavy atom. The van der Waals surface area contributed by atoms with E-state index < -0.39 is 0 Å². The van der Waals surface area contributed by atoms with Gasteiger partial charge < -0.3 is 10.3 Å². The highest BCUT2D eigenvalue weighted by Gasteiger charge is 2.29. The minimum Gasteiger partial charge on any atom is -0.397 e. The lowest BCUT2D eigenvalue weighted by Gasteiger charge is -2.01. The van der Waals surface area contributed by atoms with Gasteiger partial charge >= 0.3 is 0 Å². The Bertz CT molecular complexity index is 1150. The average Bonchev–Trinajstić information content (AvgIpc) is 3.26. The molecule has 1 aromatic carbocycles. The Balaban J connectivity index is 1.61. The van der Waals surface area contributed by atoms with E-state index in [1.54, 1.807) is 0 Å². The van der Waals surface area contributed by atoms with Gasteiger partial charge in [0.2, 0.25) is 5.82 Å². The summed E-state index contributed by atoms with van der Waals surface area (Å²) < 4.78 is 6.45. The number of thiophene rings is 1.